The van der Waals surface area contributed by atoms with Gasteiger partial charge in [-0.3, -0.25) is 0 Å². The largest absolute Gasteiger partial charge is 0.377 e. The topological polar surface area (TPSA) is 80.3 Å². The molecule has 1 saturated heterocycles. The van der Waals surface area contributed by atoms with Gasteiger partial charge >= 0.3 is 0 Å². The normalized spacial score (nSPS) is 20.2. The summed E-state index contributed by atoms with van der Waals surface area (Å²) in [7, 11) is -1.77. The molecule has 0 aromatic carbocycles. The Bertz CT molecular complexity index is 495. The predicted molar refractivity (Wildman–Crippen MR) is 72.6 cm³/mol. The van der Waals surface area contributed by atoms with Crippen LogP contribution in [-0.2, 0) is 14.8 Å². The van der Waals surface area contributed by atoms with Gasteiger partial charge in [0.25, 0.3) is 0 Å². The summed E-state index contributed by atoms with van der Waals surface area (Å²) in [5.41, 5.74) is 0. The van der Waals surface area contributed by atoms with E-state index in [4.69, 9.17) is 4.74 Å². The van der Waals surface area contributed by atoms with Gasteiger partial charge in [0, 0.05) is 26.4 Å². The van der Waals surface area contributed by atoms with Crippen LogP contribution in [0.15, 0.2) is 23.2 Å². The molecule has 1 aromatic rings. The highest BCUT2D eigenvalue weighted by molar-refractivity contribution is 7.89. The van der Waals surface area contributed by atoms with Crippen LogP contribution in [-0.4, -0.2) is 39.7 Å². The van der Waals surface area contributed by atoms with E-state index in [0.717, 1.165) is 19.3 Å². The van der Waals surface area contributed by atoms with Gasteiger partial charge in [0.05, 0.1) is 6.10 Å². The number of aromatic nitrogens is 1. The van der Waals surface area contributed by atoms with Crippen LogP contribution < -0.4 is 10.0 Å². The zero-order valence-corrected chi connectivity index (χ0v) is 11.7. The molecule has 1 aliphatic rings. The fourth-order valence-electron chi connectivity index (χ4n) is 1.94. The molecule has 6 nitrogen and oxygen atoms in total. The molecule has 2 heterocycles. The molecule has 2 rings (SSSR count). The first-order valence-electron chi connectivity index (χ1n) is 6.37. The molecule has 7 heteroatoms. The van der Waals surface area contributed by atoms with Gasteiger partial charge in [-0.05, 0) is 31.4 Å². The van der Waals surface area contributed by atoms with Crippen molar-refractivity contribution in [1.82, 2.24) is 9.71 Å². The quantitative estimate of drug-likeness (QED) is 0.842. The van der Waals surface area contributed by atoms with Crippen LogP contribution >= 0.6 is 0 Å². The van der Waals surface area contributed by atoms with Gasteiger partial charge in [-0.1, -0.05) is 0 Å². The second kappa shape index (κ2) is 6.31. The fraction of sp³-hybridized carbons (Fsp3) is 0.583. The summed E-state index contributed by atoms with van der Waals surface area (Å²) in [6.45, 7) is 1.03. The molecule has 0 saturated carbocycles. The summed E-state index contributed by atoms with van der Waals surface area (Å²) in [5, 5.41) is 2.84. The average molecular weight is 285 g/mol. The summed E-state index contributed by atoms with van der Waals surface area (Å²) in [6.07, 6.45) is 4.37. The smallest absolute Gasteiger partial charge is 0.242 e. The molecule has 1 unspecified atom stereocenters. The molecule has 106 valence electrons. The number of nitrogens with zero attached hydrogens (tertiary/aromatic N) is 1. The SMILES string of the molecule is CNc1ccc(S(=O)(=O)NCC2CCCCO2)cn1. The lowest BCUT2D eigenvalue weighted by atomic mass is 10.1. The van der Waals surface area contributed by atoms with Crippen LogP contribution in [0.3, 0.4) is 0 Å². The van der Waals surface area contributed by atoms with E-state index < -0.39 is 10.0 Å². The van der Waals surface area contributed by atoms with Gasteiger partial charge in [-0.15, -0.1) is 0 Å². The highest BCUT2D eigenvalue weighted by Gasteiger charge is 2.19. The molecule has 19 heavy (non-hydrogen) atoms. The third-order valence-electron chi connectivity index (χ3n) is 3.08. The highest BCUT2D eigenvalue weighted by atomic mass is 32.2. The van der Waals surface area contributed by atoms with E-state index in [1.165, 1.54) is 12.3 Å². The Balaban J connectivity index is 1.96. The molecular weight excluding hydrogens is 266 g/mol. The third kappa shape index (κ3) is 3.89. The van der Waals surface area contributed by atoms with Crippen molar-refractivity contribution in [2.75, 3.05) is 25.5 Å². The molecule has 1 aromatic heterocycles. The van der Waals surface area contributed by atoms with Crippen molar-refractivity contribution in [3.05, 3.63) is 18.3 Å². The van der Waals surface area contributed by atoms with Crippen LogP contribution in [0, 0.1) is 0 Å². The Morgan fingerprint density at radius 2 is 2.26 bits per heavy atom. The van der Waals surface area contributed by atoms with Crippen molar-refractivity contribution in [2.24, 2.45) is 0 Å². The molecular formula is C12H19N3O3S. The maximum absolute atomic E-state index is 12.0. The second-order valence-electron chi connectivity index (χ2n) is 4.47. The lowest BCUT2D eigenvalue weighted by molar-refractivity contribution is 0.0200. The molecule has 1 aliphatic heterocycles. The monoisotopic (exact) mass is 285 g/mol. The van der Waals surface area contributed by atoms with E-state index in [2.05, 4.69) is 15.0 Å². The minimum atomic E-state index is -3.50. The van der Waals surface area contributed by atoms with Crippen LogP contribution in [0.4, 0.5) is 5.82 Å². The number of hydrogen-bond donors (Lipinski definition) is 2. The first-order chi connectivity index (χ1) is 9.12. The van der Waals surface area contributed by atoms with Crippen molar-refractivity contribution < 1.29 is 13.2 Å². The van der Waals surface area contributed by atoms with Crippen molar-refractivity contribution in [3.8, 4) is 0 Å². The third-order valence-corrected chi connectivity index (χ3v) is 4.49. The Hall–Kier alpha value is -1.18. The Labute approximate surface area is 113 Å². The summed E-state index contributed by atoms with van der Waals surface area (Å²) in [5.74, 6) is 0.634. The van der Waals surface area contributed by atoms with Gasteiger partial charge in [0.1, 0.15) is 10.7 Å². The predicted octanol–water partition coefficient (Wildman–Crippen LogP) is 0.971. The summed E-state index contributed by atoms with van der Waals surface area (Å²) in [4.78, 5) is 4.17. The number of anilines is 1. The first-order valence-corrected chi connectivity index (χ1v) is 7.85. The standard InChI is InChI=1S/C12H19N3O3S/c1-13-12-6-5-11(9-14-12)19(16,17)15-8-10-4-2-3-7-18-10/h5-6,9-10,15H,2-4,7-8H2,1H3,(H,13,14). The van der Waals surface area contributed by atoms with Gasteiger partial charge in [0.2, 0.25) is 10.0 Å². The van der Waals surface area contributed by atoms with Crippen LogP contribution in [0.5, 0.6) is 0 Å². The summed E-state index contributed by atoms with van der Waals surface area (Å²) < 4.78 is 32.2. The number of hydrogen-bond acceptors (Lipinski definition) is 5. The van der Waals surface area contributed by atoms with Crippen LogP contribution in [0.1, 0.15) is 19.3 Å². The molecule has 2 N–H and O–H groups in total. The fourth-order valence-corrected chi connectivity index (χ4v) is 2.95. The van der Waals surface area contributed by atoms with Gasteiger partial charge < -0.3 is 10.1 Å². The molecule has 0 aliphatic carbocycles. The number of rotatable bonds is 5. The van der Waals surface area contributed by atoms with E-state index in [9.17, 15) is 8.42 Å². The Morgan fingerprint density at radius 3 is 2.84 bits per heavy atom. The Morgan fingerprint density at radius 1 is 1.42 bits per heavy atom. The molecule has 0 amide bonds. The Kier molecular flexibility index (Phi) is 4.73. The minimum absolute atomic E-state index is 0.0203. The van der Waals surface area contributed by atoms with E-state index in [1.54, 1.807) is 13.1 Å². The van der Waals surface area contributed by atoms with Crippen molar-refractivity contribution in [3.63, 3.8) is 0 Å². The van der Waals surface area contributed by atoms with E-state index in [-0.39, 0.29) is 11.0 Å². The average Bonchev–Trinajstić information content (AvgIpc) is 2.46. The highest BCUT2D eigenvalue weighted by Crippen LogP contribution is 2.14. The number of nitrogens with one attached hydrogen (secondary N) is 2. The van der Waals surface area contributed by atoms with Crippen molar-refractivity contribution in [1.29, 1.82) is 0 Å². The summed E-state index contributed by atoms with van der Waals surface area (Å²) >= 11 is 0. The van der Waals surface area contributed by atoms with Crippen molar-refractivity contribution in [2.45, 2.75) is 30.3 Å². The van der Waals surface area contributed by atoms with Crippen LogP contribution in [0.25, 0.3) is 0 Å². The number of pyridine rings is 1. The second-order valence-corrected chi connectivity index (χ2v) is 6.24. The zero-order chi connectivity index (χ0) is 13.7. The van der Waals surface area contributed by atoms with Gasteiger partial charge in [-0.25, -0.2) is 18.1 Å². The molecule has 1 atom stereocenters. The van der Waals surface area contributed by atoms with Gasteiger partial charge in [-0.2, -0.15) is 0 Å². The number of ether oxygens (including phenoxy) is 1. The molecule has 0 bridgehead atoms. The maximum atomic E-state index is 12.0. The lowest BCUT2D eigenvalue weighted by Gasteiger charge is -2.22. The molecule has 0 spiro atoms. The van der Waals surface area contributed by atoms with E-state index in [1.807, 2.05) is 0 Å². The molecule has 1 fully saturated rings. The summed E-state index contributed by atoms with van der Waals surface area (Å²) in [6, 6.07) is 3.16. The van der Waals surface area contributed by atoms with Gasteiger partial charge in [0.15, 0.2) is 0 Å². The van der Waals surface area contributed by atoms with E-state index in [0.29, 0.717) is 19.0 Å². The van der Waals surface area contributed by atoms with E-state index >= 15 is 0 Å². The number of sulfonamides is 1. The molecule has 0 radical (unpaired) electrons. The van der Waals surface area contributed by atoms with Crippen molar-refractivity contribution >= 4 is 15.8 Å². The minimum Gasteiger partial charge on any atom is -0.377 e. The first kappa shape index (κ1) is 14.2. The zero-order valence-electron chi connectivity index (χ0n) is 10.9. The van der Waals surface area contributed by atoms with Crippen LogP contribution in [0.2, 0.25) is 0 Å². The lowest BCUT2D eigenvalue weighted by Crippen LogP contribution is -2.35. The maximum Gasteiger partial charge on any atom is 0.242 e.